The van der Waals surface area contributed by atoms with E-state index in [0.717, 1.165) is 58.7 Å². The summed E-state index contributed by atoms with van der Waals surface area (Å²) in [5.41, 5.74) is 6.76. The van der Waals surface area contributed by atoms with Crippen LogP contribution in [0.3, 0.4) is 0 Å². The van der Waals surface area contributed by atoms with Crippen LogP contribution < -0.4 is 10.6 Å². The molecule has 2 heterocycles. The Morgan fingerprint density at radius 1 is 1.03 bits per heavy atom. The highest BCUT2D eigenvalue weighted by Gasteiger charge is 2.21. The first-order chi connectivity index (χ1) is 16.5. The van der Waals surface area contributed by atoms with E-state index in [2.05, 4.69) is 33.7 Å². The fourth-order valence-corrected chi connectivity index (χ4v) is 4.82. The van der Waals surface area contributed by atoms with Gasteiger partial charge in [0.25, 0.3) is 0 Å². The van der Waals surface area contributed by atoms with Gasteiger partial charge in [-0.1, -0.05) is 48.5 Å². The monoisotopic (exact) mass is 459 g/mol. The molecule has 0 bridgehead atoms. The van der Waals surface area contributed by atoms with E-state index in [-0.39, 0.29) is 5.91 Å². The summed E-state index contributed by atoms with van der Waals surface area (Å²) in [7, 11) is 0. The van der Waals surface area contributed by atoms with E-state index >= 15 is 0 Å². The molecule has 5 rings (SSSR count). The van der Waals surface area contributed by atoms with Gasteiger partial charge in [-0.2, -0.15) is 0 Å². The summed E-state index contributed by atoms with van der Waals surface area (Å²) in [6.07, 6.45) is 0.760. The van der Waals surface area contributed by atoms with Crippen LogP contribution in [0.25, 0.3) is 11.1 Å². The largest absolute Gasteiger partial charge is 0.369 e. The summed E-state index contributed by atoms with van der Waals surface area (Å²) in [5, 5.41) is 17.1. The molecule has 1 amide bonds. The lowest BCUT2D eigenvalue weighted by Crippen LogP contribution is -2.34. The van der Waals surface area contributed by atoms with Gasteiger partial charge in [0.05, 0.1) is 0 Å². The summed E-state index contributed by atoms with van der Waals surface area (Å²) in [5.74, 6) is 0.0168. The van der Waals surface area contributed by atoms with Crippen molar-refractivity contribution in [2.75, 3.05) is 23.7 Å². The average molecular weight is 460 g/mol. The topological polar surface area (TPSA) is 64.6 Å². The fourth-order valence-electron chi connectivity index (χ4n) is 4.82. The van der Waals surface area contributed by atoms with Gasteiger partial charge in [0.1, 0.15) is 6.17 Å². The second-order valence-electron chi connectivity index (χ2n) is 9.20. The number of carbonyl (C=O) groups is 1. The molecule has 5 nitrogen and oxygen atoms in total. The van der Waals surface area contributed by atoms with E-state index in [1.165, 1.54) is 0 Å². The van der Waals surface area contributed by atoms with E-state index < -0.39 is 12.4 Å². The molecule has 3 aromatic rings. The summed E-state index contributed by atoms with van der Waals surface area (Å²) in [6, 6.07) is 22.0. The van der Waals surface area contributed by atoms with Crippen LogP contribution in [0.15, 0.2) is 66.7 Å². The number of likely N-dealkylation sites (tertiary alicyclic amines) is 1. The number of hydrogen-bond acceptors (Lipinski definition) is 4. The number of anilines is 2. The zero-order valence-electron chi connectivity index (χ0n) is 19.1. The predicted octanol–water partition coefficient (Wildman–Crippen LogP) is 5.28. The lowest BCUT2D eigenvalue weighted by atomic mass is 9.96. The Hall–Kier alpha value is -3.22. The Balaban J connectivity index is 1.39. The number of piperidine rings is 1. The number of aliphatic hydroxyl groups excluding tert-OH is 1. The van der Waals surface area contributed by atoms with Crippen molar-refractivity contribution in [3.63, 3.8) is 0 Å². The van der Waals surface area contributed by atoms with Crippen molar-refractivity contribution >= 4 is 17.3 Å². The van der Waals surface area contributed by atoms with Crippen LogP contribution in [0.1, 0.15) is 42.2 Å². The first kappa shape index (κ1) is 22.6. The molecule has 6 heteroatoms. The number of alkyl halides is 1. The number of nitrogens with zero attached hydrogens (tertiary/aromatic N) is 1. The van der Waals surface area contributed by atoms with Crippen molar-refractivity contribution in [3.05, 3.63) is 83.4 Å². The van der Waals surface area contributed by atoms with Crippen molar-refractivity contribution in [2.45, 2.75) is 44.6 Å². The third kappa shape index (κ3) is 5.13. The molecule has 1 unspecified atom stereocenters. The quantitative estimate of drug-likeness (QED) is 0.439. The van der Waals surface area contributed by atoms with Crippen LogP contribution >= 0.6 is 0 Å². The molecule has 176 valence electrons. The van der Waals surface area contributed by atoms with Gasteiger partial charge in [0.15, 0.2) is 6.23 Å². The van der Waals surface area contributed by atoms with Crippen LogP contribution in [-0.2, 0) is 17.8 Å². The molecule has 0 radical (unpaired) electrons. The summed E-state index contributed by atoms with van der Waals surface area (Å²) in [4.78, 5) is 14.0. The van der Waals surface area contributed by atoms with Gasteiger partial charge in [-0.05, 0) is 59.7 Å². The molecule has 0 spiro atoms. The highest BCUT2D eigenvalue weighted by Crippen LogP contribution is 2.31. The minimum absolute atomic E-state index is 0.0168. The second-order valence-corrected chi connectivity index (χ2v) is 9.20. The molecule has 3 aromatic carbocycles. The molecule has 1 saturated heterocycles. The van der Waals surface area contributed by atoms with Crippen LogP contribution in [0, 0.1) is 0 Å². The van der Waals surface area contributed by atoms with E-state index in [9.17, 15) is 14.3 Å². The summed E-state index contributed by atoms with van der Waals surface area (Å²) < 4.78 is 13.7. The third-order valence-electron chi connectivity index (χ3n) is 6.75. The SMILES string of the molecule is O=C1CCc2ccc(NC(O)c3ccc(-c4ccccc4)c(CN4CCC(F)CC4)c3)cc2N1. The molecule has 0 saturated carbocycles. The maximum absolute atomic E-state index is 13.7. The molecule has 2 aliphatic heterocycles. The van der Waals surface area contributed by atoms with Gasteiger partial charge in [0.2, 0.25) is 5.91 Å². The van der Waals surface area contributed by atoms with Gasteiger partial charge in [-0.3, -0.25) is 9.69 Å². The second kappa shape index (κ2) is 9.95. The van der Waals surface area contributed by atoms with E-state index in [1.54, 1.807) is 0 Å². The molecule has 0 aliphatic carbocycles. The molecule has 1 fully saturated rings. The van der Waals surface area contributed by atoms with Gasteiger partial charge in [-0.25, -0.2) is 4.39 Å². The van der Waals surface area contributed by atoms with Gasteiger partial charge in [-0.15, -0.1) is 0 Å². The van der Waals surface area contributed by atoms with Crippen molar-refractivity contribution in [2.24, 2.45) is 0 Å². The number of halogens is 1. The Morgan fingerprint density at radius 2 is 1.82 bits per heavy atom. The van der Waals surface area contributed by atoms with Crippen LogP contribution in [-0.4, -0.2) is 35.2 Å². The molecule has 0 aromatic heterocycles. The number of hydrogen-bond donors (Lipinski definition) is 3. The lowest BCUT2D eigenvalue weighted by Gasteiger charge is -2.29. The number of aliphatic hydroxyl groups is 1. The number of carbonyl (C=O) groups excluding carboxylic acids is 1. The molecule has 3 N–H and O–H groups in total. The van der Waals surface area contributed by atoms with Crippen LogP contribution in [0.4, 0.5) is 15.8 Å². The Labute approximate surface area is 199 Å². The highest BCUT2D eigenvalue weighted by molar-refractivity contribution is 5.94. The maximum atomic E-state index is 13.7. The fraction of sp³-hybridized carbons (Fsp3) is 0.321. The van der Waals surface area contributed by atoms with Crippen LogP contribution in [0.2, 0.25) is 0 Å². The van der Waals surface area contributed by atoms with E-state index in [1.807, 2.05) is 48.5 Å². The Kier molecular flexibility index (Phi) is 6.61. The zero-order valence-corrected chi connectivity index (χ0v) is 19.1. The maximum Gasteiger partial charge on any atom is 0.224 e. The Morgan fingerprint density at radius 3 is 2.62 bits per heavy atom. The van der Waals surface area contributed by atoms with Gasteiger partial charge in [0, 0.05) is 43.0 Å². The van der Waals surface area contributed by atoms with E-state index in [0.29, 0.717) is 25.8 Å². The lowest BCUT2D eigenvalue weighted by molar-refractivity contribution is -0.116. The van der Waals surface area contributed by atoms with Crippen molar-refractivity contribution < 1.29 is 14.3 Å². The van der Waals surface area contributed by atoms with Gasteiger partial charge < -0.3 is 15.7 Å². The van der Waals surface area contributed by atoms with Gasteiger partial charge >= 0.3 is 0 Å². The normalized spacial score (nSPS) is 17.6. The molecular weight excluding hydrogens is 429 g/mol. The number of amides is 1. The minimum atomic E-state index is -0.905. The average Bonchev–Trinajstić information content (AvgIpc) is 2.85. The van der Waals surface area contributed by atoms with Crippen molar-refractivity contribution in [1.29, 1.82) is 0 Å². The van der Waals surface area contributed by atoms with Crippen LogP contribution in [0.5, 0.6) is 0 Å². The zero-order chi connectivity index (χ0) is 23.5. The minimum Gasteiger partial charge on any atom is -0.369 e. The highest BCUT2D eigenvalue weighted by atomic mass is 19.1. The number of nitrogens with one attached hydrogen (secondary N) is 2. The molecular formula is C28H30FN3O2. The van der Waals surface area contributed by atoms with E-state index in [4.69, 9.17) is 0 Å². The predicted molar refractivity (Wildman–Crippen MR) is 133 cm³/mol. The smallest absolute Gasteiger partial charge is 0.224 e. The number of benzene rings is 3. The third-order valence-corrected chi connectivity index (χ3v) is 6.75. The summed E-state index contributed by atoms with van der Waals surface area (Å²) in [6.45, 7) is 2.19. The molecule has 34 heavy (non-hydrogen) atoms. The van der Waals surface area contributed by atoms with Crippen molar-refractivity contribution in [1.82, 2.24) is 4.90 Å². The number of fused-ring (bicyclic) bond motifs is 1. The number of aryl methyl sites for hydroxylation is 1. The first-order valence-electron chi connectivity index (χ1n) is 12.0. The Bertz CT molecular complexity index is 1160. The molecule has 2 aliphatic rings. The molecule has 1 atom stereocenters. The number of rotatable bonds is 6. The van der Waals surface area contributed by atoms with Crippen molar-refractivity contribution in [3.8, 4) is 11.1 Å². The summed E-state index contributed by atoms with van der Waals surface area (Å²) >= 11 is 0. The standard InChI is InChI=1S/C28H30FN3O2/c29-23-12-14-32(15-13-23)18-22-16-21(7-10-25(22)19-4-2-1-3-5-19)28(34)30-24-9-6-20-8-11-27(33)31-26(20)17-24/h1-7,9-10,16-17,23,28,30,34H,8,11-15,18H2,(H,31,33). The first-order valence-corrected chi connectivity index (χ1v) is 12.0.